The molecular formula is C39H64N2O3. The van der Waals surface area contributed by atoms with Crippen LogP contribution in [0.4, 0.5) is 0 Å². The maximum atomic E-state index is 13.7. The van der Waals surface area contributed by atoms with Crippen LogP contribution in [0, 0.1) is 0 Å². The van der Waals surface area contributed by atoms with Crippen molar-refractivity contribution in [2.24, 2.45) is 5.73 Å². The largest absolute Gasteiger partial charge is 0.507 e. The molecule has 0 saturated heterocycles. The third-order valence-electron chi connectivity index (χ3n) is 8.66. The van der Waals surface area contributed by atoms with Gasteiger partial charge in [0.05, 0.1) is 6.17 Å². The predicted molar refractivity (Wildman–Crippen MR) is 187 cm³/mol. The number of carbonyl (C=O) groups excluding carboxylic acids is 1. The molecule has 44 heavy (non-hydrogen) atoms. The normalized spacial score (nSPS) is 13.8. The highest BCUT2D eigenvalue weighted by Gasteiger charge is 2.32. The molecule has 0 saturated carbocycles. The number of rotatable bonds is 11. The lowest BCUT2D eigenvalue weighted by Gasteiger charge is -2.32. The average Bonchev–Trinajstić information content (AvgIpc) is 2.85. The minimum absolute atomic E-state index is 0.0959. The van der Waals surface area contributed by atoms with Crippen LogP contribution in [0.15, 0.2) is 24.3 Å². The number of carbonyl (C=O) groups is 1. The summed E-state index contributed by atoms with van der Waals surface area (Å²) in [7, 11) is 0. The Hall–Kier alpha value is -2.53. The molecule has 5 heteroatoms. The molecule has 5 nitrogen and oxygen atoms in total. The van der Waals surface area contributed by atoms with E-state index in [1.54, 1.807) is 0 Å². The second-order valence-corrected chi connectivity index (χ2v) is 17.1. The molecule has 5 N–H and O–H groups in total. The molecule has 0 radical (unpaired) electrons. The fourth-order valence-electron chi connectivity index (χ4n) is 5.92. The van der Waals surface area contributed by atoms with E-state index in [1.807, 2.05) is 0 Å². The molecule has 0 aliphatic carbocycles. The summed E-state index contributed by atoms with van der Waals surface area (Å²) in [5, 5.41) is 26.0. The summed E-state index contributed by atoms with van der Waals surface area (Å²) >= 11 is 0. The van der Waals surface area contributed by atoms with Crippen molar-refractivity contribution in [1.29, 1.82) is 0 Å². The summed E-state index contributed by atoms with van der Waals surface area (Å²) in [6, 6.07) is 8.32. The topological polar surface area (TPSA) is 95.6 Å². The molecular weight excluding hydrogens is 544 g/mol. The number of hydrogen-bond acceptors (Lipinski definition) is 4. The molecule has 0 bridgehead atoms. The molecule has 1 amide bonds. The third-order valence-corrected chi connectivity index (χ3v) is 8.66. The van der Waals surface area contributed by atoms with Gasteiger partial charge < -0.3 is 21.3 Å². The minimum atomic E-state index is -0.394. The van der Waals surface area contributed by atoms with Crippen molar-refractivity contribution in [2.75, 3.05) is 0 Å². The lowest BCUT2D eigenvalue weighted by Crippen LogP contribution is -2.42. The Balaban J connectivity index is 2.76. The van der Waals surface area contributed by atoms with Crippen molar-refractivity contribution >= 4 is 5.91 Å². The van der Waals surface area contributed by atoms with Crippen LogP contribution in [0.2, 0.25) is 0 Å². The maximum absolute atomic E-state index is 13.7. The Labute approximate surface area is 269 Å². The second kappa shape index (κ2) is 14.3. The predicted octanol–water partition coefficient (Wildman–Crippen LogP) is 9.57. The van der Waals surface area contributed by atoms with Crippen molar-refractivity contribution in [2.45, 2.75) is 169 Å². The van der Waals surface area contributed by atoms with Gasteiger partial charge in [0.25, 0.3) is 0 Å². The molecule has 0 heterocycles. The molecule has 0 spiro atoms. The highest BCUT2D eigenvalue weighted by atomic mass is 16.3. The lowest BCUT2D eigenvalue weighted by atomic mass is 9.73. The van der Waals surface area contributed by atoms with Gasteiger partial charge >= 0.3 is 0 Å². The van der Waals surface area contributed by atoms with Crippen molar-refractivity contribution in [3.05, 3.63) is 57.6 Å². The van der Waals surface area contributed by atoms with Gasteiger partial charge in [-0.05, 0) is 61.5 Å². The van der Waals surface area contributed by atoms with E-state index in [9.17, 15) is 15.0 Å². The summed E-state index contributed by atoms with van der Waals surface area (Å²) in [4.78, 5) is 13.7. The number of aromatic hydroxyl groups is 2. The summed E-state index contributed by atoms with van der Waals surface area (Å²) in [5.74, 6) is 0.232. The van der Waals surface area contributed by atoms with Crippen LogP contribution in [0.3, 0.4) is 0 Å². The smallest absolute Gasteiger partial charge is 0.222 e. The van der Waals surface area contributed by atoms with E-state index in [-0.39, 0.29) is 39.9 Å². The van der Waals surface area contributed by atoms with Crippen LogP contribution in [-0.4, -0.2) is 22.3 Å². The number of nitrogens with one attached hydrogen (secondary N) is 1. The minimum Gasteiger partial charge on any atom is -0.507 e. The van der Waals surface area contributed by atoms with Crippen molar-refractivity contribution in [3.8, 4) is 11.5 Å². The monoisotopic (exact) mass is 608 g/mol. The van der Waals surface area contributed by atoms with Gasteiger partial charge in [0.2, 0.25) is 5.91 Å². The summed E-state index contributed by atoms with van der Waals surface area (Å²) < 4.78 is 0. The van der Waals surface area contributed by atoms with Crippen LogP contribution in [0.1, 0.15) is 174 Å². The highest BCUT2D eigenvalue weighted by molar-refractivity contribution is 5.78. The number of benzene rings is 2. The first kappa shape index (κ1) is 37.7. The van der Waals surface area contributed by atoms with Crippen molar-refractivity contribution in [3.63, 3.8) is 0 Å². The molecule has 2 rings (SSSR count). The van der Waals surface area contributed by atoms with Gasteiger partial charge in [-0.3, -0.25) is 4.79 Å². The van der Waals surface area contributed by atoms with Crippen molar-refractivity contribution in [1.82, 2.24) is 5.32 Å². The zero-order valence-corrected chi connectivity index (χ0v) is 30.3. The van der Waals surface area contributed by atoms with Gasteiger partial charge in [0, 0.05) is 12.3 Å². The van der Waals surface area contributed by atoms with E-state index in [2.05, 4.69) is 120 Å². The van der Waals surface area contributed by atoms with Crippen LogP contribution < -0.4 is 11.1 Å². The molecule has 0 aliphatic rings. The first-order chi connectivity index (χ1) is 20.0. The van der Waals surface area contributed by atoms with E-state index >= 15 is 0 Å². The number of nitrogens with two attached hydrogens (primary N) is 1. The van der Waals surface area contributed by atoms with E-state index in [1.165, 1.54) is 19.3 Å². The molecule has 0 aromatic heterocycles. The van der Waals surface area contributed by atoms with E-state index in [0.29, 0.717) is 11.5 Å². The number of phenolic OH excluding ortho intramolecular Hbond substituents is 2. The first-order valence-electron chi connectivity index (χ1n) is 16.8. The third kappa shape index (κ3) is 9.99. The van der Waals surface area contributed by atoms with Gasteiger partial charge in [-0.25, -0.2) is 0 Å². The van der Waals surface area contributed by atoms with E-state index < -0.39 is 6.17 Å². The Morgan fingerprint density at radius 3 is 1.32 bits per heavy atom. The number of unbranched alkanes of at least 4 members (excludes halogenated alkanes) is 4. The van der Waals surface area contributed by atoms with Crippen molar-refractivity contribution < 1.29 is 15.0 Å². The molecule has 1 atom stereocenters. The summed E-state index contributed by atoms with van der Waals surface area (Å²) in [5.41, 5.74) is 10.6. The summed E-state index contributed by atoms with van der Waals surface area (Å²) in [6.07, 6.45) is 6.30. The zero-order chi connectivity index (χ0) is 33.8. The molecule has 248 valence electrons. The van der Waals surface area contributed by atoms with Gasteiger partial charge in [0.1, 0.15) is 11.5 Å². The fourth-order valence-corrected chi connectivity index (χ4v) is 5.92. The standard InChI is InChI=1S/C39H64N2O3/c1-14-15-16-17-18-19-32(40)41-33(42)24-27(25-20-28(36(2,3)4)34(43)29(21-25)37(5,6)7)26-22-30(38(8,9)10)35(44)31(23-26)39(11,12)13/h20-23,27,32,43-44H,14-19,24,40H2,1-13H3,(H,41,42). The van der Waals surface area contributed by atoms with Gasteiger partial charge in [-0.1, -0.05) is 146 Å². The Bertz CT molecular complexity index is 1110. The van der Waals surface area contributed by atoms with Crippen LogP contribution in [0.5, 0.6) is 11.5 Å². The number of phenols is 2. The van der Waals surface area contributed by atoms with E-state index in [0.717, 1.165) is 52.6 Å². The fraction of sp³-hybridized carbons (Fsp3) is 0.667. The molecule has 1 unspecified atom stereocenters. The molecule has 0 aliphatic heterocycles. The Morgan fingerprint density at radius 1 is 0.659 bits per heavy atom. The van der Waals surface area contributed by atoms with Crippen LogP contribution in [-0.2, 0) is 26.5 Å². The van der Waals surface area contributed by atoms with Crippen LogP contribution >= 0.6 is 0 Å². The molecule has 2 aromatic rings. The van der Waals surface area contributed by atoms with Gasteiger partial charge in [-0.15, -0.1) is 0 Å². The molecule has 0 fully saturated rings. The van der Waals surface area contributed by atoms with Gasteiger partial charge in [-0.2, -0.15) is 0 Å². The SMILES string of the molecule is CCCCCCCC(N)NC(=O)CC(c1cc(C(C)(C)C)c(O)c(C(C)(C)C)c1)c1cc(C(C)(C)C)c(O)c(C(C)(C)C)c1. The highest BCUT2D eigenvalue weighted by Crippen LogP contribution is 2.46. The van der Waals surface area contributed by atoms with Crippen LogP contribution in [0.25, 0.3) is 0 Å². The zero-order valence-electron chi connectivity index (χ0n) is 30.3. The average molecular weight is 609 g/mol. The Kier molecular flexibility index (Phi) is 12.2. The Morgan fingerprint density at radius 2 is 1.00 bits per heavy atom. The molecule has 2 aromatic carbocycles. The van der Waals surface area contributed by atoms with Gasteiger partial charge in [0.15, 0.2) is 0 Å². The van der Waals surface area contributed by atoms with E-state index in [4.69, 9.17) is 5.73 Å². The number of hydrogen-bond donors (Lipinski definition) is 4. The first-order valence-corrected chi connectivity index (χ1v) is 16.8. The maximum Gasteiger partial charge on any atom is 0.222 e. The summed E-state index contributed by atoms with van der Waals surface area (Å²) in [6.45, 7) is 27.5. The quantitative estimate of drug-likeness (QED) is 0.151. The number of amides is 1. The second-order valence-electron chi connectivity index (χ2n) is 17.1. The lowest BCUT2D eigenvalue weighted by molar-refractivity contribution is -0.122.